The van der Waals surface area contributed by atoms with E-state index in [-0.39, 0.29) is 115 Å². The topological polar surface area (TPSA) is 288 Å². The van der Waals surface area contributed by atoms with Crippen molar-refractivity contribution in [2.45, 2.75) is 160 Å². The zero-order chi connectivity index (χ0) is 45.0. The highest BCUT2D eigenvalue weighted by molar-refractivity contribution is 5.84. The van der Waals surface area contributed by atoms with Gasteiger partial charge in [-0.05, 0) is 38.5 Å². The number of aliphatic carboxylic acids is 2. The van der Waals surface area contributed by atoms with Crippen LogP contribution < -0.4 is 32.5 Å². The number of ether oxygens (including phenoxy) is 4. The van der Waals surface area contributed by atoms with Crippen molar-refractivity contribution in [3.05, 3.63) is 0 Å². The summed E-state index contributed by atoms with van der Waals surface area (Å²) in [5.74, 6) is 0.290. The Hall–Kier alpha value is -3.46. The summed E-state index contributed by atoms with van der Waals surface area (Å²) in [5, 5.41) is 38.1. The van der Waals surface area contributed by atoms with Crippen molar-refractivity contribution in [1.29, 1.82) is 0 Å². The van der Waals surface area contributed by atoms with Crippen LogP contribution in [-0.4, -0.2) is 136 Å². The minimum atomic E-state index is -1.18. The van der Waals surface area contributed by atoms with Crippen molar-refractivity contribution in [3.8, 4) is 0 Å². The fourth-order valence-corrected chi connectivity index (χ4v) is 6.11. The lowest BCUT2D eigenvalue weighted by Crippen LogP contribution is -2.68. The fourth-order valence-electron chi connectivity index (χ4n) is 6.11. The predicted molar refractivity (Wildman–Crippen MR) is 228 cm³/mol. The Morgan fingerprint density at radius 1 is 0.443 bits per heavy atom. The Morgan fingerprint density at radius 3 is 1.33 bits per heavy atom. The van der Waals surface area contributed by atoms with E-state index in [1.165, 1.54) is 57.8 Å². The smallest absolute Gasteiger partial charge is 0.326 e. The average molecular weight is 878 g/mol. The molecular weight excluding hydrogens is 796 g/mol. The van der Waals surface area contributed by atoms with Gasteiger partial charge in [0.05, 0.1) is 39.6 Å². The number of aliphatic hydroxyl groups is 1. The molecule has 0 unspecified atom stereocenters. The van der Waals surface area contributed by atoms with Gasteiger partial charge in [-0.15, -0.1) is 5.43 Å². The molecule has 0 saturated carbocycles. The second kappa shape index (κ2) is 43.2. The lowest BCUT2D eigenvalue weighted by molar-refractivity contribution is -0.466. The van der Waals surface area contributed by atoms with Gasteiger partial charge in [-0.3, -0.25) is 29.8 Å². The SMILES string of the molecule is [NH3+]N[C@H](O)CCCCNC(=O)COCCOCCNC(=O)COCCOCCNC(=O)CC[C@H](NC(=O)CCCCCCCCCCCCCCCCCCC(=O)O)C(=O)O. The summed E-state index contributed by atoms with van der Waals surface area (Å²) < 4.78 is 21.3. The van der Waals surface area contributed by atoms with E-state index >= 15 is 0 Å². The molecule has 0 radical (unpaired) electrons. The molecule has 19 nitrogen and oxygen atoms in total. The highest BCUT2D eigenvalue weighted by Gasteiger charge is 2.21. The molecule has 0 spiro atoms. The Labute approximate surface area is 363 Å². The van der Waals surface area contributed by atoms with E-state index in [1.807, 2.05) is 0 Å². The summed E-state index contributed by atoms with van der Waals surface area (Å²) in [6, 6.07) is -1.14. The molecule has 0 aromatic heterocycles. The number of rotatable bonds is 46. The summed E-state index contributed by atoms with van der Waals surface area (Å²) >= 11 is 0. The number of quaternary nitrogens is 1. The lowest BCUT2D eigenvalue weighted by atomic mass is 10.0. The van der Waals surface area contributed by atoms with Crippen LogP contribution >= 0.6 is 0 Å². The number of carboxylic acids is 2. The molecule has 0 aliphatic carbocycles. The second-order valence-corrected chi connectivity index (χ2v) is 15.1. The molecule has 0 aromatic rings. The molecule has 0 aliphatic rings. The van der Waals surface area contributed by atoms with Crippen LogP contribution in [0.2, 0.25) is 0 Å². The molecule has 11 N–H and O–H groups in total. The molecule has 0 bridgehead atoms. The first kappa shape index (κ1) is 57.5. The first-order valence-electron chi connectivity index (χ1n) is 22.6. The Balaban J connectivity index is 3.63. The number of hydrogen-bond donors (Lipinski definition) is 9. The number of carboxylic acid groups (broad SMARTS) is 2. The molecule has 19 heteroatoms. The van der Waals surface area contributed by atoms with Crippen molar-refractivity contribution in [1.82, 2.24) is 26.7 Å². The third-order valence-electron chi connectivity index (χ3n) is 9.65. The van der Waals surface area contributed by atoms with Crippen LogP contribution in [0, 0.1) is 0 Å². The molecule has 0 saturated heterocycles. The van der Waals surface area contributed by atoms with Crippen LogP contribution in [0.3, 0.4) is 0 Å². The molecule has 0 aromatic carbocycles. The average Bonchev–Trinajstić information content (AvgIpc) is 3.23. The highest BCUT2D eigenvalue weighted by Crippen LogP contribution is 2.14. The van der Waals surface area contributed by atoms with Gasteiger partial charge in [0.1, 0.15) is 25.5 Å². The molecular formula is C42H81N6O13+. The summed E-state index contributed by atoms with van der Waals surface area (Å²) in [6.07, 6.45) is 19.7. The second-order valence-electron chi connectivity index (χ2n) is 15.1. The number of aliphatic hydroxyl groups excluding tert-OH is 1. The number of unbranched alkanes of at least 4 members (excludes halogenated alkanes) is 16. The monoisotopic (exact) mass is 878 g/mol. The number of nitrogens with one attached hydrogen (secondary N) is 5. The number of carbonyl (C=O) groups excluding carboxylic acids is 4. The third-order valence-corrected chi connectivity index (χ3v) is 9.65. The predicted octanol–water partition coefficient (Wildman–Crippen LogP) is 2.09. The number of carbonyl (C=O) groups is 6. The maximum Gasteiger partial charge on any atom is 0.326 e. The van der Waals surface area contributed by atoms with Gasteiger partial charge >= 0.3 is 11.9 Å². The van der Waals surface area contributed by atoms with E-state index in [9.17, 15) is 39.0 Å². The standard InChI is InChI=1S/C42H80N6O13/c43-48-38(51)20-17-18-24-44-39(52)33-60-31-30-59-28-26-46-40(53)34-61-32-29-58-27-25-45-36(49)23-22-35(42(56)57)47-37(50)19-15-13-11-9-7-5-3-1-2-4-6-8-10-12-14-16-21-41(54)55/h35,38,48,51H,1-34,43H2,(H,44,52)(H,45,49)(H,46,53)(H,47,50)(H,54,55)(H,56,57)/p+1/t35-,38+/m0/s1. The summed E-state index contributed by atoms with van der Waals surface area (Å²) in [5.41, 5.74) is 2.49. The van der Waals surface area contributed by atoms with Crippen LogP contribution in [0.25, 0.3) is 0 Å². The number of hydrogen-bond acceptors (Lipinski definition) is 12. The van der Waals surface area contributed by atoms with Crippen molar-refractivity contribution < 1.29 is 68.9 Å². The largest absolute Gasteiger partial charge is 0.481 e. The third kappa shape index (κ3) is 43.0. The zero-order valence-electron chi connectivity index (χ0n) is 36.8. The summed E-state index contributed by atoms with van der Waals surface area (Å²) in [7, 11) is 0. The van der Waals surface area contributed by atoms with Crippen molar-refractivity contribution in [2.24, 2.45) is 0 Å². The lowest BCUT2D eigenvalue weighted by Gasteiger charge is -2.14. The molecule has 61 heavy (non-hydrogen) atoms. The normalized spacial score (nSPS) is 12.1. The van der Waals surface area contributed by atoms with E-state index in [2.05, 4.69) is 32.5 Å². The van der Waals surface area contributed by atoms with Gasteiger partial charge in [0.25, 0.3) is 0 Å². The minimum Gasteiger partial charge on any atom is -0.481 e. The molecule has 2 atom stereocenters. The molecule has 0 aliphatic heterocycles. The van der Waals surface area contributed by atoms with Gasteiger partial charge in [0, 0.05) is 38.9 Å². The Morgan fingerprint density at radius 2 is 0.869 bits per heavy atom. The van der Waals surface area contributed by atoms with Gasteiger partial charge in [-0.1, -0.05) is 89.9 Å². The van der Waals surface area contributed by atoms with E-state index in [4.69, 9.17) is 24.1 Å². The van der Waals surface area contributed by atoms with Gasteiger partial charge in [-0.2, -0.15) is 0 Å². The van der Waals surface area contributed by atoms with Crippen molar-refractivity contribution in [3.63, 3.8) is 0 Å². The molecule has 0 heterocycles. The molecule has 0 fully saturated rings. The zero-order valence-corrected chi connectivity index (χ0v) is 36.8. The maximum atomic E-state index is 12.3. The quantitative estimate of drug-likeness (QED) is 0.0241. The van der Waals surface area contributed by atoms with Crippen molar-refractivity contribution >= 4 is 35.6 Å². The van der Waals surface area contributed by atoms with Crippen LogP contribution in [0.15, 0.2) is 0 Å². The van der Waals surface area contributed by atoms with E-state index < -0.39 is 24.2 Å². The highest BCUT2D eigenvalue weighted by atomic mass is 16.5. The van der Waals surface area contributed by atoms with Gasteiger partial charge in [0.15, 0.2) is 0 Å². The maximum absolute atomic E-state index is 12.3. The first-order chi connectivity index (χ1) is 29.5. The van der Waals surface area contributed by atoms with E-state index in [0.717, 1.165) is 51.4 Å². The van der Waals surface area contributed by atoms with Gasteiger partial charge in [-0.25, -0.2) is 4.79 Å². The molecule has 0 rings (SSSR count). The Bertz CT molecular complexity index is 1140. The van der Waals surface area contributed by atoms with E-state index in [0.29, 0.717) is 19.4 Å². The van der Waals surface area contributed by atoms with Crippen LogP contribution in [0.5, 0.6) is 0 Å². The summed E-state index contributed by atoms with van der Waals surface area (Å²) in [6.45, 7) is 2.10. The number of amides is 4. The Kier molecular flexibility index (Phi) is 40.7. The van der Waals surface area contributed by atoms with Crippen molar-refractivity contribution in [2.75, 3.05) is 72.5 Å². The van der Waals surface area contributed by atoms with Crippen LogP contribution in [0.1, 0.15) is 148 Å². The van der Waals surface area contributed by atoms with E-state index in [1.54, 1.807) is 0 Å². The van der Waals surface area contributed by atoms with Gasteiger partial charge < -0.3 is 55.5 Å². The van der Waals surface area contributed by atoms with Crippen LogP contribution in [-0.2, 0) is 47.7 Å². The molecule has 356 valence electrons. The first-order valence-corrected chi connectivity index (χ1v) is 22.6. The fraction of sp³-hybridized carbons (Fsp3) is 0.857. The summed E-state index contributed by atoms with van der Waals surface area (Å²) in [4.78, 5) is 70.3. The van der Waals surface area contributed by atoms with Gasteiger partial charge in [0.2, 0.25) is 23.6 Å². The molecule has 4 amide bonds. The van der Waals surface area contributed by atoms with Crippen LogP contribution in [0.4, 0.5) is 0 Å². The minimum absolute atomic E-state index is 0.0220.